The monoisotopic (exact) mass is 223 g/mol. The third-order valence-corrected chi connectivity index (χ3v) is 3.66. The van der Waals surface area contributed by atoms with E-state index in [1.807, 2.05) is 6.20 Å². The lowest BCUT2D eigenvalue weighted by Gasteiger charge is -2.10. The van der Waals surface area contributed by atoms with Crippen molar-refractivity contribution < 1.29 is 0 Å². The standard InChI is InChI=1S/C16H17N/c1-2-6-13(7-3-1)15-10-11-17-16(12-15)14-8-4-5-9-14/h1-3,6-7,10-12,14H,4-5,8-9H2. The Bertz CT molecular complexity index is 484. The average molecular weight is 223 g/mol. The molecule has 1 aromatic carbocycles. The van der Waals surface area contributed by atoms with E-state index >= 15 is 0 Å². The van der Waals surface area contributed by atoms with Gasteiger partial charge in [0.1, 0.15) is 0 Å². The van der Waals surface area contributed by atoms with Crippen molar-refractivity contribution >= 4 is 0 Å². The van der Waals surface area contributed by atoms with E-state index in [9.17, 15) is 0 Å². The van der Waals surface area contributed by atoms with E-state index in [1.54, 1.807) is 0 Å². The van der Waals surface area contributed by atoms with Crippen molar-refractivity contribution in [1.29, 1.82) is 0 Å². The second kappa shape index (κ2) is 4.70. The van der Waals surface area contributed by atoms with Crippen molar-refractivity contribution in [1.82, 2.24) is 4.98 Å². The molecule has 0 aliphatic heterocycles. The van der Waals surface area contributed by atoms with Gasteiger partial charge in [-0.15, -0.1) is 0 Å². The molecule has 1 heterocycles. The Hall–Kier alpha value is -1.63. The molecular weight excluding hydrogens is 206 g/mol. The zero-order valence-corrected chi connectivity index (χ0v) is 9.97. The van der Waals surface area contributed by atoms with Crippen molar-refractivity contribution in [3.63, 3.8) is 0 Å². The van der Waals surface area contributed by atoms with Crippen molar-refractivity contribution in [2.24, 2.45) is 0 Å². The van der Waals surface area contributed by atoms with Crippen molar-refractivity contribution in [2.45, 2.75) is 31.6 Å². The Labute approximate surface area is 103 Å². The van der Waals surface area contributed by atoms with Crippen LogP contribution in [0.3, 0.4) is 0 Å². The maximum absolute atomic E-state index is 4.55. The van der Waals surface area contributed by atoms with E-state index in [0.717, 1.165) is 0 Å². The Morgan fingerprint density at radius 2 is 1.65 bits per heavy atom. The van der Waals surface area contributed by atoms with Crippen LogP contribution in [-0.4, -0.2) is 4.98 Å². The van der Waals surface area contributed by atoms with Crippen molar-refractivity contribution in [3.05, 3.63) is 54.4 Å². The van der Waals surface area contributed by atoms with Gasteiger partial charge in [0.15, 0.2) is 0 Å². The number of hydrogen-bond acceptors (Lipinski definition) is 1. The molecule has 3 rings (SSSR count). The first-order chi connectivity index (χ1) is 8.43. The molecule has 0 N–H and O–H groups in total. The molecule has 0 unspecified atom stereocenters. The highest BCUT2D eigenvalue weighted by Crippen LogP contribution is 2.34. The zero-order valence-electron chi connectivity index (χ0n) is 9.97. The van der Waals surface area contributed by atoms with Gasteiger partial charge in [0.25, 0.3) is 0 Å². The summed E-state index contributed by atoms with van der Waals surface area (Å²) < 4.78 is 0. The van der Waals surface area contributed by atoms with Crippen LogP contribution in [0.5, 0.6) is 0 Å². The summed E-state index contributed by atoms with van der Waals surface area (Å²) in [6, 6.07) is 14.9. The molecule has 1 saturated carbocycles. The lowest BCUT2D eigenvalue weighted by Crippen LogP contribution is -1.96. The summed E-state index contributed by atoms with van der Waals surface area (Å²) in [6.45, 7) is 0. The number of nitrogens with zero attached hydrogens (tertiary/aromatic N) is 1. The highest BCUT2D eigenvalue weighted by Gasteiger charge is 2.18. The molecule has 17 heavy (non-hydrogen) atoms. The Morgan fingerprint density at radius 1 is 0.882 bits per heavy atom. The predicted octanol–water partition coefficient (Wildman–Crippen LogP) is 4.41. The molecule has 1 heteroatoms. The minimum absolute atomic E-state index is 0.693. The fourth-order valence-electron chi connectivity index (χ4n) is 2.70. The van der Waals surface area contributed by atoms with Crippen LogP contribution >= 0.6 is 0 Å². The van der Waals surface area contributed by atoms with Gasteiger partial charge in [-0.2, -0.15) is 0 Å². The second-order valence-corrected chi connectivity index (χ2v) is 4.82. The first kappa shape index (κ1) is 10.5. The summed E-state index contributed by atoms with van der Waals surface area (Å²) in [4.78, 5) is 4.55. The fourth-order valence-corrected chi connectivity index (χ4v) is 2.70. The summed E-state index contributed by atoms with van der Waals surface area (Å²) in [7, 11) is 0. The van der Waals surface area contributed by atoms with Crippen LogP contribution in [0.4, 0.5) is 0 Å². The fraction of sp³-hybridized carbons (Fsp3) is 0.312. The minimum Gasteiger partial charge on any atom is -0.261 e. The maximum atomic E-state index is 4.55. The van der Waals surface area contributed by atoms with Gasteiger partial charge in [0.05, 0.1) is 0 Å². The highest BCUT2D eigenvalue weighted by atomic mass is 14.7. The van der Waals surface area contributed by atoms with Gasteiger partial charge < -0.3 is 0 Å². The first-order valence-corrected chi connectivity index (χ1v) is 6.45. The molecule has 0 radical (unpaired) electrons. The lowest BCUT2D eigenvalue weighted by atomic mass is 9.99. The summed E-state index contributed by atoms with van der Waals surface area (Å²) >= 11 is 0. The topological polar surface area (TPSA) is 12.9 Å². The van der Waals surface area contributed by atoms with Crippen molar-refractivity contribution in [3.8, 4) is 11.1 Å². The van der Waals surface area contributed by atoms with Gasteiger partial charge in [-0.25, -0.2) is 0 Å². The number of pyridine rings is 1. The quantitative estimate of drug-likeness (QED) is 0.735. The smallest absolute Gasteiger partial charge is 0.0440 e. The number of aromatic nitrogens is 1. The van der Waals surface area contributed by atoms with E-state index in [0.29, 0.717) is 5.92 Å². The Morgan fingerprint density at radius 3 is 2.41 bits per heavy atom. The summed E-state index contributed by atoms with van der Waals surface area (Å²) in [6.07, 6.45) is 7.30. The number of hydrogen-bond donors (Lipinski definition) is 0. The third-order valence-electron chi connectivity index (χ3n) is 3.66. The minimum atomic E-state index is 0.693. The number of rotatable bonds is 2. The summed E-state index contributed by atoms with van der Waals surface area (Å²) in [5, 5.41) is 0. The first-order valence-electron chi connectivity index (χ1n) is 6.45. The van der Waals surface area contributed by atoms with Crippen LogP contribution in [0.2, 0.25) is 0 Å². The van der Waals surface area contributed by atoms with Gasteiger partial charge in [-0.05, 0) is 36.1 Å². The zero-order chi connectivity index (χ0) is 11.5. The van der Waals surface area contributed by atoms with Gasteiger partial charge in [-0.1, -0.05) is 43.2 Å². The van der Waals surface area contributed by atoms with Crippen LogP contribution in [-0.2, 0) is 0 Å². The van der Waals surface area contributed by atoms with Gasteiger partial charge in [0.2, 0.25) is 0 Å². The SMILES string of the molecule is c1ccc(-c2ccnc(C3CCCC3)c2)cc1. The van der Waals surface area contributed by atoms with Gasteiger partial charge in [-0.3, -0.25) is 4.98 Å². The third kappa shape index (κ3) is 2.23. The molecule has 0 atom stereocenters. The maximum Gasteiger partial charge on any atom is 0.0440 e. The molecule has 2 aromatic rings. The van der Waals surface area contributed by atoms with E-state index in [1.165, 1.54) is 42.5 Å². The van der Waals surface area contributed by atoms with Crippen LogP contribution in [0.1, 0.15) is 37.3 Å². The molecule has 1 aromatic heterocycles. The summed E-state index contributed by atoms with van der Waals surface area (Å²) in [5.74, 6) is 0.693. The van der Waals surface area contributed by atoms with E-state index < -0.39 is 0 Å². The molecule has 0 spiro atoms. The molecule has 1 aliphatic rings. The molecule has 0 amide bonds. The normalized spacial score (nSPS) is 16.2. The van der Waals surface area contributed by atoms with E-state index in [-0.39, 0.29) is 0 Å². The molecule has 0 saturated heterocycles. The lowest BCUT2D eigenvalue weighted by molar-refractivity contribution is 0.698. The predicted molar refractivity (Wildman–Crippen MR) is 70.9 cm³/mol. The Balaban J connectivity index is 1.94. The van der Waals surface area contributed by atoms with Crippen molar-refractivity contribution in [2.75, 3.05) is 0 Å². The van der Waals surface area contributed by atoms with E-state index in [4.69, 9.17) is 0 Å². The van der Waals surface area contributed by atoms with Crippen LogP contribution in [0, 0.1) is 0 Å². The van der Waals surface area contributed by atoms with Crippen LogP contribution in [0.25, 0.3) is 11.1 Å². The van der Waals surface area contributed by atoms with Gasteiger partial charge >= 0.3 is 0 Å². The second-order valence-electron chi connectivity index (χ2n) is 4.82. The average Bonchev–Trinajstić information content (AvgIpc) is 2.94. The van der Waals surface area contributed by atoms with Crippen LogP contribution in [0.15, 0.2) is 48.7 Å². The highest BCUT2D eigenvalue weighted by molar-refractivity contribution is 5.63. The van der Waals surface area contributed by atoms with Crippen LogP contribution < -0.4 is 0 Å². The summed E-state index contributed by atoms with van der Waals surface area (Å²) in [5.41, 5.74) is 3.86. The molecule has 1 fully saturated rings. The molecule has 86 valence electrons. The molecular formula is C16H17N. The van der Waals surface area contributed by atoms with E-state index in [2.05, 4.69) is 47.4 Å². The largest absolute Gasteiger partial charge is 0.261 e. The molecule has 1 aliphatic carbocycles. The van der Waals surface area contributed by atoms with Gasteiger partial charge in [0, 0.05) is 17.8 Å². The molecule has 1 nitrogen and oxygen atoms in total. The Kier molecular flexibility index (Phi) is 2.91. The number of benzene rings is 1. The molecule has 0 bridgehead atoms.